The van der Waals surface area contributed by atoms with E-state index in [1.165, 1.54) is 13.5 Å². The van der Waals surface area contributed by atoms with Gasteiger partial charge in [-0.3, -0.25) is 19.9 Å². The van der Waals surface area contributed by atoms with E-state index in [-0.39, 0.29) is 32.4 Å². The molecule has 0 unspecified atom stereocenters. The van der Waals surface area contributed by atoms with E-state index in [0.29, 0.717) is 36.4 Å². The van der Waals surface area contributed by atoms with Crippen molar-refractivity contribution in [3.63, 3.8) is 0 Å². The second kappa shape index (κ2) is 13.2. The Bertz CT molecular complexity index is 1320. The number of hydrogen-bond acceptors (Lipinski definition) is 10. The Labute approximate surface area is 248 Å². The van der Waals surface area contributed by atoms with Gasteiger partial charge in [-0.15, -0.1) is 0 Å². The molecule has 3 aromatic heterocycles. The van der Waals surface area contributed by atoms with E-state index in [1.807, 2.05) is 16.9 Å². The van der Waals surface area contributed by atoms with E-state index < -0.39 is 6.09 Å². The van der Waals surface area contributed by atoms with Crippen LogP contribution in [-0.4, -0.2) is 93.1 Å². The first-order chi connectivity index (χ1) is 18.9. The number of nitrogens with one attached hydrogen (secondary N) is 2. The largest absolute Gasteiger partial charge is 0.496 e. The Morgan fingerprint density at radius 3 is 2.67 bits per heavy atom. The first-order valence-electron chi connectivity index (χ1n) is 13.5. The van der Waals surface area contributed by atoms with Gasteiger partial charge in [0.2, 0.25) is 5.95 Å². The Kier molecular flexibility index (Phi) is 9.95. The zero-order chi connectivity index (χ0) is 27.5. The van der Waals surface area contributed by atoms with Crippen LogP contribution in [-0.2, 0) is 38.2 Å². The maximum absolute atomic E-state index is 11.8. The van der Waals surface area contributed by atoms with Crippen molar-refractivity contribution >= 4 is 28.9 Å². The fourth-order valence-electron chi connectivity index (χ4n) is 5.66. The van der Waals surface area contributed by atoms with Crippen molar-refractivity contribution in [2.45, 2.75) is 63.8 Å². The van der Waals surface area contributed by atoms with Crippen molar-refractivity contribution in [2.75, 3.05) is 45.0 Å². The molecule has 0 aromatic carbocycles. The van der Waals surface area contributed by atoms with Gasteiger partial charge in [-0.2, -0.15) is 16.5 Å². The minimum absolute atomic E-state index is 0. The van der Waals surface area contributed by atoms with Gasteiger partial charge in [0.25, 0.3) is 0 Å². The number of carbonyl (C=O) groups excluding carboxylic acids is 1. The van der Waals surface area contributed by atoms with Crippen LogP contribution in [0.1, 0.15) is 43.9 Å². The summed E-state index contributed by atoms with van der Waals surface area (Å²) in [6.07, 6.45) is 6.74. The SMILES string of the molecule is [CH2-]C[C@H](CCC)Nc1nc(NC(=O)OC)nc2cnn(Cc3cnc(CN4C[C@H]5C[C@@H]4CN5C)cc3OC)c12.[Re]. The van der Waals surface area contributed by atoms with Gasteiger partial charge in [-0.05, 0) is 19.9 Å². The third kappa shape index (κ3) is 6.38. The summed E-state index contributed by atoms with van der Waals surface area (Å²) in [7, 11) is 5.19. The summed E-state index contributed by atoms with van der Waals surface area (Å²) < 4.78 is 12.3. The molecule has 217 valence electrons. The molecule has 3 atom stereocenters. The number of likely N-dealkylation sites (tertiary alicyclic amines) is 2. The van der Waals surface area contributed by atoms with Gasteiger partial charge in [-0.1, -0.05) is 13.3 Å². The summed E-state index contributed by atoms with van der Waals surface area (Å²) >= 11 is 0. The number of fused-ring (bicyclic) bond motifs is 3. The van der Waals surface area contributed by atoms with E-state index in [4.69, 9.17) is 14.5 Å². The molecule has 2 aliphatic heterocycles. The fourth-order valence-corrected chi connectivity index (χ4v) is 5.66. The monoisotopic (exact) mass is 723 g/mol. The quantitative estimate of drug-likeness (QED) is 0.286. The Morgan fingerprint density at radius 2 is 2.02 bits per heavy atom. The average molecular weight is 723 g/mol. The molecule has 2 saturated heterocycles. The number of ether oxygens (including phenoxy) is 2. The number of methoxy groups -OCH3 is 2. The van der Waals surface area contributed by atoms with Crippen LogP contribution < -0.4 is 15.4 Å². The first kappa shape index (κ1) is 30.1. The number of piperazine rings is 1. The number of likely N-dealkylation sites (N-methyl/N-ethyl adjacent to an activating group) is 1. The van der Waals surface area contributed by atoms with Crippen molar-refractivity contribution in [2.24, 2.45) is 0 Å². The number of carbonyl (C=O) groups is 1. The number of anilines is 2. The summed E-state index contributed by atoms with van der Waals surface area (Å²) in [5.41, 5.74) is 3.22. The molecule has 1 radical (unpaired) electrons. The zero-order valence-corrected chi connectivity index (χ0v) is 26.3. The van der Waals surface area contributed by atoms with Crippen LogP contribution in [0.25, 0.3) is 11.0 Å². The van der Waals surface area contributed by atoms with Crippen molar-refractivity contribution in [1.29, 1.82) is 0 Å². The molecule has 5 heterocycles. The van der Waals surface area contributed by atoms with E-state index in [0.717, 1.165) is 55.0 Å². The van der Waals surface area contributed by atoms with Crippen LogP contribution in [0.5, 0.6) is 5.75 Å². The van der Waals surface area contributed by atoms with Crippen LogP contribution in [0, 0.1) is 6.92 Å². The predicted molar refractivity (Wildman–Crippen MR) is 149 cm³/mol. The van der Waals surface area contributed by atoms with E-state index in [9.17, 15) is 4.79 Å². The molecule has 3 aromatic rings. The zero-order valence-electron chi connectivity index (χ0n) is 23.6. The molecule has 5 rings (SSSR count). The van der Waals surface area contributed by atoms with Gasteiger partial charge in [0.15, 0.2) is 5.82 Å². The summed E-state index contributed by atoms with van der Waals surface area (Å²) in [6, 6.07) is 3.39. The normalized spacial score (nSPS) is 19.4. The van der Waals surface area contributed by atoms with Crippen LogP contribution in [0.4, 0.5) is 16.6 Å². The Morgan fingerprint density at radius 1 is 1.20 bits per heavy atom. The molecule has 0 spiro atoms. The van der Waals surface area contributed by atoms with E-state index in [1.54, 1.807) is 13.3 Å². The maximum Gasteiger partial charge on any atom is 0.413 e. The molecular weight excluding hydrogens is 685 g/mol. The Hall–Kier alpha value is -2.85. The summed E-state index contributed by atoms with van der Waals surface area (Å²) in [4.78, 5) is 30.7. The molecule has 2 N–H and O–H groups in total. The smallest absolute Gasteiger partial charge is 0.413 e. The molecule has 40 heavy (non-hydrogen) atoms. The molecule has 13 heteroatoms. The predicted octanol–water partition coefficient (Wildman–Crippen LogP) is 3.15. The molecule has 12 nitrogen and oxygen atoms in total. The van der Waals surface area contributed by atoms with Gasteiger partial charge in [0, 0.05) is 76.0 Å². The molecule has 0 aliphatic carbocycles. The number of pyridine rings is 1. The van der Waals surface area contributed by atoms with Gasteiger partial charge in [-0.25, -0.2) is 9.78 Å². The van der Waals surface area contributed by atoms with Crippen LogP contribution >= 0.6 is 0 Å². The second-order valence-corrected chi connectivity index (χ2v) is 10.4. The summed E-state index contributed by atoms with van der Waals surface area (Å²) in [5.74, 6) is 1.48. The van der Waals surface area contributed by atoms with E-state index >= 15 is 0 Å². The fraction of sp³-hybridized carbons (Fsp3) is 0.556. The number of hydrogen-bond donors (Lipinski definition) is 2. The summed E-state index contributed by atoms with van der Waals surface area (Å²) in [5, 5.41) is 10.7. The molecule has 1 amide bonds. The molecule has 0 saturated carbocycles. The van der Waals surface area contributed by atoms with Gasteiger partial charge in [0.1, 0.15) is 16.8 Å². The van der Waals surface area contributed by atoms with Gasteiger partial charge >= 0.3 is 6.09 Å². The third-order valence-corrected chi connectivity index (χ3v) is 7.75. The molecule has 2 fully saturated rings. The number of rotatable bonds is 11. The van der Waals surface area contributed by atoms with Gasteiger partial charge < -0.3 is 26.6 Å². The number of nitrogens with zero attached hydrogens (tertiary/aromatic N) is 7. The molecule has 2 aliphatic rings. The first-order valence-corrected chi connectivity index (χ1v) is 13.5. The van der Waals surface area contributed by atoms with Crippen molar-refractivity contribution < 1.29 is 34.7 Å². The standard InChI is InChI=1S/C27H38N9O3.Re/c1-6-8-18(7-2)30-25-24-22(31-26(32-25)33-27(37)39-5)12-29-36(24)13-17-11-28-19(9-23(17)38-4)14-35-16-20-10-21(35)15-34(20)3;/h9,11-12,18,20-21H,2,6-8,10,13-16H2,1,3-5H3,(H2,30,31,32,33,37);/q-1;/t18-,20-,21-;/m1./s1. The number of aromatic nitrogens is 5. The second-order valence-electron chi connectivity index (χ2n) is 10.4. The topological polar surface area (TPSA) is 123 Å². The van der Waals surface area contributed by atoms with Crippen LogP contribution in [0.15, 0.2) is 18.5 Å². The minimum atomic E-state index is -0.639. The van der Waals surface area contributed by atoms with E-state index in [2.05, 4.69) is 56.4 Å². The third-order valence-electron chi connectivity index (χ3n) is 7.75. The average Bonchev–Trinajstić information content (AvgIpc) is 3.63. The van der Waals surface area contributed by atoms with Gasteiger partial charge in [0.05, 0.1) is 32.7 Å². The van der Waals surface area contributed by atoms with Crippen LogP contribution in [0.3, 0.4) is 0 Å². The van der Waals surface area contributed by atoms with Crippen LogP contribution in [0.2, 0.25) is 0 Å². The molecular formula is C27H38N9O3Re-. The summed E-state index contributed by atoms with van der Waals surface area (Å²) in [6.45, 7) is 9.65. The Balaban J connectivity index is 0.00000370. The van der Waals surface area contributed by atoms with Crippen molar-refractivity contribution in [3.8, 4) is 5.75 Å². The number of amides is 1. The van der Waals surface area contributed by atoms with Crippen molar-refractivity contribution in [3.05, 3.63) is 36.6 Å². The maximum atomic E-state index is 11.8. The minimum Gasteiger partial charge on any atom is -0.496 e. The van der Waals surface area contributed by atoms with Crippen molar-refractivity contribution in [1.82, 2.24) is 34.5 Å². The molecule has 2 bridgehead atoms.